The molecule has 3 N–H and O–H groups in total. The Morgan fingerprint density at radius 3 is 2.91 bits per heavy atom. The van der Waals surface area contributed by atoms with Gasteiger partial charge in [-0.15, -0.1) is 11.3 Å². The molecule has 2 rings (SSSR count). The third-order valence-electron chi connectivity index (χ3n) is 4.16. The number of nitrogens with one attached hydrogen (secondary N) is 1. The lowest BCUT2D eigenvalue weighted by molar-refractivity contribution is -0.137. The summed E-state index contributed by atoms with van der Waals surface area (Å²) < 4.78 is 0. The van der Waals surface area contributed by atoms with E-state index in [4.69, 9.17) is 5.73 Å². The van der Waals surface area contributed by atoms with Crippen molar-refractivity contribution in [1.29, 1.82) is 0 Å². The summed E-state index contributed by atoms with van der Waals surface area (Å²) in [4.78, 5) is 28.1. The monoisotopic (exact) mass is 337 g/mol. The fourth-order valence-corrected chi connectivity index (χ4v) is 3.72. The van der Waals surface area contributed by atoms with Gasteiger partial charge in [-0.25, -0.2) is 0 Å². The minimum Gasteiger partial charge on any atom is -0.344 e. The van der Waals surface area contributed by atoms with Gasteiger partial charge in [0.1, 0.15) is 6.04 Å². The molecule has 2 unspecified atom stereocenters. The molecule has 1 aliphatic heterocycles. The molecule has 0 saturated carbocycles. The van der Waals surface area contributed by atoms with Crippen LogP contribution in [0.5, 0.6) is 0 Å². The van der Waals surface area contributed by atoms with Crippen LogP contribution < -0.4 is 11.1 Å². The third-order valence-corrected chi connectivity index (χ3v) is 5.18. The molecule has 1 aliphatic rings. The van der Waals surface area contributed by atoms with Crippen molar-refractivity contribution in [2.75, 3.05) is 6.54 Å². The van der Waals surface area contributed by atoms with E-state index in [9.17, 15) is 9.59 Å². The fraction of sp³-hybridized carbons (Fsp3) is 0.647. The summed E-state index contributed by atoms with van der Waals surface area (Å²) in [7, 11) is 0. The highest BCUT2D eigenvalue weighted by Crippen LogP contribution is 2.24. The molecule has 2 amide bonds. The maximum atomic E-state index is 12.8. The highest BCUT2D eigenvalue weighted by atomic mass is 32.1. The quantitative estimate of drug-likeness (QED) is 0.799. The molecule has 23 heavy (non-hydrogen) atoms. The van der Waals surface area contributed by atoms with Gasteiger partial charge >= 0.3 is 0 Å². The number of fused-ring (bicyclic) bond motifs is 1. The molecule has 0 radical (unpaired) electrons. The second kappa shape index (κ2) is 8.45. The Kier molecular flexibility index (Phi) is 6.59. The van der Waals surface area contributed by atoms with E-state index in [-0.39, 0.29) is 17.9 Å². The van der Waals surface area contributed by atoms with Crippen LogP contribution in [0.3, 0.4) is 0 Å². The van der Waals surface area contributed by atoms with Gasteiger partial charge in [0.15, 0.2) is 0 Å². The van der Waals surface area contributed by atoms with Crippen LogP contribution in [0.1, 0.15) is 50.0 Å². The molecule has 0 saturated heterocycles. The first kappa shape index (κ1) is 17.9. The number of carbonyl (C=O) groups excluding carboxylic acids is 2. The van der Waals surface area contributed by atoms with Gasteiger partial charge in [0, 0.05) is 30.4 Å². The first-order chi connectivity index (χ1) is 11.0. The van der Waals surface area contributed by atoms with Gasteiger partial charge in [-0.3, -0.25) is 9.59 Å². The van der Waals surface area contributed by atoms with Crippen LogP contribution in [0.2, 0.25) is 0 Å². The smallest absolute Gasteiger partial charge is 0.245 e. The number of carbonyl (C=O) groups is 2. The normalized spacial score (nSPS) is 16.6. The van der Waals surface area contributed by atoms with Gasteiger partial charge < -0.3 is 16.0 Å². The lowest BCUT2D eigenvalue weighted by Gasteiger charge is -2.31. The second-order valence-electron chi connectivity index (χ2n) is 6.30. The number of nitrogens with two attached hydrogens (primary N) is 1. The minimum atomic E-state index is -0.416. The summed E-state index contributed by atoms with van der Waals surface area (Å²) in [5.41, 5.74) is 6.93. The number of hydrogen-bond donors (Lipinski definition) is 2. The van der Waals surface area contributed by atoms with Gasteiger partial charge in [-0.2, -0.15) is 0 Å². The summed E-state index contributed by atoms with van der Waals surface area (Å²) in [5.74, 6) is -0.0415. The van der Waals surface area contributed by atoms with E-state index in [2.05, 4.69) is 16.8 Å². The molecule has 6 heteroatoms. The topological polar surface area (TPSA) is 75.4 Å². The zero-order valence-corrected chi connectivity index (χ0v) is 14.8. The van der Waals surface area contributed by atoms with E-state index in [1.54, 1.807) is 11.3 Å². The maximum Gasteiger partial charge on any atom is 0.245 e. The Balaban J connectivity index is 1.94. The zero-order valence-electron chi connectivity index (χ0n) is 14.0. The number of amides is 2. The van der Waals surface area contributed by atoms with E-state index in [0.29, 0.717) is 25.8 Å². The average molecular weight is 337 g/mol. The molecule has 5 nitrogen and oxygen atoms in total. The van der Waals surface area contributed by atoms with Gasteiger partial charge in [0.2, 0.25) is 11.8 Å². The molecular formula is C17H27N3O2S. The van der Waals surface area contributed by atoms with Crippen LogP contribution in [-0.2, 0) is 22.6 Å². The van der Waals surface area contributed by atoms with E-state index in [1.165, 1.54) is 10.4 Å². The Hall–Kier alpha value is -1.40. The largest absolute Gasteiger partial charge is 0.344 e. The van der Waals surface area contributed by atoms with Crippen LogP contribution in [0.25, 0.3) is 0 Å². The van der Waals surface area contributed by atoms with Crippen molar-refractivity contribution < 1.29 is 9.59 Å². The lowest BCUT2D eigenvalue weighted by Crippen LogP contribution is -2.49. The number of rotatable bonds is 7. The van der Waals surface area contributed by atoms with Gasteiger partial charge in [-0.1, -0.05) is 13.3 Å². The SMILES string of the molecule is CCCC(NC(=O)CCC(C)N)C(=O)N1CCc2sccc2C1. The van der Waals surface area contributed by atoms with Crippen molar-refractivity contribution in [3.05, 3.63) is 21.9 Å². The van der Waals surface area contributed by atoms with Crippen LogP contribution in [-0.4, -0.2) is 35.3 Å². The summed E-state index contributed by atoms with van der Waals surface area (Å²) in [6, 6.07) is 1.68. The van der Waals surface area contributed by atoms with E-state index < -0.39 is 6.04 Å². The lowest BCUT2D eigenvalue weighted by atomic mass is 10.1. The molecule has 0 bridgehead atoms. The summed E-state index contributed by atoms with van der Waals surface area (Å²) in [6.45, 7) is 5.31. The molecule has 1 aromatic heterocycles. The fourth-order valence-electron chi connectivity index (χ4n) is 2.83. The van der Waals surface area contributed by atoms with Gasteiger partial charge in [-0.05, 0) is 43.2 Å². The Labute approximate surface area is 142 Å². The molecule has 1 aromatic rings. The average Bonchev–Trinajstić information content (AvgIpc) is 2.99. The van der Waals surface area contributed by atoms with E-state index >= 15 is 0 Å². The van der Waals surface area contributed by atoms with Crippen molar-refractivity contribution in [1.82, 2.24) is 10.2 Å². The first-order valence-electron chi connectivity index (χ1n) is 8.40. The number of thiophene rings is 1. The number of nitrogens with zero attached hydrogens (tertiary/aromatic N) is 1. The molecule has 2 heterocycles. The zero-order chi connectivity index (χ0) is 16.8. The van der Waals surface area contributed by atoms with Crippen molar-refractivity contribution in [2.45, 2.75) is 64.6 Å². The Morgan fingerprint density at radius 1 is 1.43 bits per heavy atom. The summed E-state index contributed by atoms with van der Waals surface area (Å²) in [6.07, 6.45) is 3.47. The predicted octanol–water partition coefficient (Wildman–Crippen LogP) is 2.05. The van der Waals surface area contributed by atoms with Crippen molar-refractivity contribution >= 4 is 23.2 Å². The molecule has 0 aromatic carbocycles. The maximum absolute atomic E-state index is 12.8. The Morgan fingerprint density at radius 2 is 2.22 bits per heavy atom. The third kappa shape index (κ3) is 5.04. The standard InChI is InChI=1S/C17H27N3O2S/c1-3-4-14(19-16(21)6-5-12(2)18)17(22)20-9-7-15-13(11-20)8-10-23-15/h8,10,12,14H,3-7,9,11,18H2,1-2H3,(H,19,21). The molecule has 0 spiro atoms. The van der Waals surface area contributed by atoms with Crippen molar-refractivity contribution in [3.8, 4) is 0 Å². The molecule has 0 fully saturated rings. The summed E-state index contributed by atoms with van der Waals surface area (Å²) >= 11 is 1.76. The van der Waals surface area contributed by atoms with Crippen LogP contribution in [0.15, 0.2) is 11.4 Å². The summed E-state index contributed by atoms with van der Waals surface area (Å²) in [5, 5.41) is 4.99. The van der Waals surface area contributed by atoms with Crippen LogP contribution >= 0.6 is 11.3 Å². The Bertz CT molecular complexity index is 542. The molecule has 128 valence electrons. The minimum absolute atomic E-state index is 0.000170. The van der Waals surface area contributed by atoms with Crippen LogP contribution in [0.4, 0.5) is 0 Å². The van der Waals surface area contributed by atoms with Crippen molar-refractivity contribution in [2.24, 2.45) is 5.73 Å². The first-order valence-corrected chi connectivity index (χ1v) is 9.28. The van der Waals surface area contributed by atoms with E-state index in [0.717, 1.165) is 19.4 Å². The number of hydrogen-bond acceptors (Lipinski definition) is 4. The molecular weight excluding hydrogens is 310 g/mol. The highest BCUT2D eigenvalue weighted by Gasteiger charge is 2.28. The second-order valence-corrected chi connectivity index (χ2v) is 7.30. The molecule has 0 aliphatic carbocycles. The van der Waals surface area contributed by atoms with Crippen molar-refractivity contribution in [3.63, 3.8) is 0 Å². The van der Waals surface area contributed by atoms with Crippen LogP contribution in [0, 0.1) is 0 Å². The van der Waals surface area contributed by atoms with Gasteiger partial charge in [0.05, 0.1) is 0 Å². The van der Waals surface area contributed by atoms with Gasteiger partial charge in [0.25, 0.3) is 0 Å². The predicted molar refractivity (Wildman–Crippen MR) is 93.2 cm³/mol. The van der Waals surface area contributed by atoms with E-state index in [1.807, 2.05) is 18.7 Å². The molecule has 2 atom stereocenters. The highest BCUT2D eigenvalue weighted by molar-refractivity contribution is 7.10.